The van der Waals surface area contributed by atoms with E-state index in [-0.39, 0.29) is 5.97 Å². The van der Waals surface area contributed by atoms with Gasteiger partial charge in [-0.1, -0.05) is 0 Å². The molecule has 2 aromatic rings. The maximum atomic E-state index is 11.3. The summed E-state index contributed by atoms with van der Waals surface area (Å²) in [5, 5.41) is 0. The summed E-state index contributed by atoms with van der Waals surface area (Å²) in [5.41, 5.74) is 2.84. The Hall–Kier alpha value is -2.00. The second-order valence-corrected chi connectivity index (χ2v) is 12.6. The molecule has 1 heterocycles. The van der Waals surface area contributed by atoms with E-state index in [0.29, 0.717) is 64.4 Å². The van der Waals surface area contributed by atoms with Gasteiger partial charge in [0.25, 0.3) is 0 Å². The normalized spacial score (nSPS) is 15.8. The first-order valence-electron chi connectivity index (χ1n) is 11.0. The summed E-state index contributed by atoms with van der Waals surface area (Å²) in [7, 11) is 0. The molecule has 0 atom stereocenters. The molecule has 8 nitrogen and oxygen atoms in total. The van der Waals surface area contributed by atoms with Crippen molar-refractivity contribution in [1.29, 1.82) is 0 Å². The summed E-state index contributed by atoms with van der Waals surface area (Å²) < 4.78 is 34.7. The van der Waals surface area contributed by atoms with Crippen molar-refractivity contribution in [3.8, 4) is 11.5 Å². The summed E-state index contributed by atoms with van der Waals surface area (Å²) >= 11 is -2.02. The molecule has 2 aromatic carbocycles. The van der Waals surface area contributed by atoms with Crippen molar-refractivity contribution in [2.75, 3.05) is 52.9 Å². The van der Waals surface area contributed by atoms with E-state index < -0.39 is 25.0 Å². The Morgan fingerprint density at radius 2 is 1.52 bits per heavy atom. The van der Waals surface area contributed by atoms with Crippen LogP contribution in [-0.4, -0.2) is 65.0 Å². The average molecular weight is 644 g/mol. The van der Waals surface area contributed by atoms with Crippen LogP contribution < -0.4 is 12.5 Å². The van der Waals surface area contributed by atoms with Gasteiger partial charge in [-0.05, 0) is 0 Å². The number of aliphatic imine (C=N–C) groups is 1. The van der Waals surface area contributed by atoms with Crippen LogP contribution in [0.4, 0.5) is 5.69 Å². The summed E-state index contributed by atoms with van der Waals surface area (Å²) in [6.45, 7) is 7.29. The molecule has 0 aromatic heterocycles. The van der Waals surface area contributed by atoms with E-state index in [1.54, 1.807) is 6.21 Å². The molecular formula is C24H29HgNO7. The number of carbonyl (C=O) groups excluding carboxylic acids is 1. The first-order chi connectivity index (χ1) is 16.1. The van der Waals surface area contributed by atoms with Gasteiger partial charge < -0.3 is 4.74 Å². The Morgan fingerprint density at radius 3 is 2.18 bits per heavy atom. The van der Waals surface area contributed by atoms with Crippen LogP contribution in [0.15, 0.2) is 41.4 Å². The second-order valence-electron chi connectivity index (χ2n) is 7.41. The Balaban J connectivity index is 1.73. The van der Waals surface area contributed by atoms with E-state index >= 15 is 0 Å². The number of fused-ring (bicyclic) bond motifs is 1. The van der Waals surface area contributed by atoms with Crippen molar-refractivity contribution in [3.63, 3.8) is 0 Å². The van der Waals surface area contributed by atoms with Crippen LogP contribution in [0.2, 0.25) is 0 Å². The fourth-order valence-corrected chi connectivity index (χ4v) is 7.44. The van der Waals surface area contributed by atoms with Crippen LogP contribution in [0.25, 0.3) is 0 Å². The quantitative estimate of drug-likeness (QED) is 0.374. The molecule has 0 N–H and O–H groups in total. The molecule has 0 spiro atoms. The Labute approximate surface area is 207 Å². The Morgan fingerprint density at radius 1 is 0.879 bits per heavy atom. The number of hydrogen-bond acceptors (Lipinski definition) is 8. The summed E-state index contributed by atoms with van der Waals surface area (Å²) in [6, 6.07) is 11.7. The predicted octanol–water partition coefficient (Wildman–Crippen LogP) is 2.75. The molecule has 1 aliphatic rings. The minimum absolute atomic E-state index is 0.228. The number of aryl methyl sites for hydroxylation is 1. The molecule has 0 bridgehead atoms. The summed E-state index contributed by atoms with van der Waals surface area (Å²) in [5.74, 6) is 1.04. The average Bonchev–Trinajstić information content (AvgIpc) is 2.81. The SMILES string of the molecule is CC(=O)[O][Hg][c]1cc(C)ccc1N=Cc1ccc2c(c1)OCCOCCOCCOCCO2. The predicted molar refractivity (Wildman–Crippen MR) is 120 cm³/mol. The zero-order valence-corrected chi connectivity index (χ0v) is 24.7. The number of ether oxygens (including phenoxy) is 5. The Bertz CT molecular complexity index is 935. The number of nitrogens with zero attached hydrogens (tertiary/aromatic N) is 1. The fraction of sp³-hybridized carbons (Fsp3) is 0.417. The molecule has 9 heteroatoms. The fourth-order valence-electron chi connectivity index (χ4n) is 3.08. The molecule has 174 valence electrons. The number of rotatable bonds is 4. The van der Waals surface area contributed by atoms with Crippen molar-refractivity contribution in [1.82, 2.24) is 0 Å². The van der Waals surface area contributed by atoms with Gasteiger partial charge in [0.2, 0.25) is 0 Å². The van der Waals surface area contributed by atoms with Crippen molar-refractivity contribution < 1.29 is 56.2 Å². The van der Waals surface area contributed by atoms with Gasteiger partial charge in [-0.3, -0.25) is 0 Å². The molecule has 3 rings (SSSR count). The van der Waals surface area contributed by atoms with Crippen molar-refractivity contribution in [3.05, 3.63) is 47.5 Å². The van der Waals surface area contributed by atoms with E-state index in [0.717, 1.165) is 19.9 Å². The van der Waals surface area contributed by atoms with Crippen molar-refractivity contribution >= 4 is 20.9 Å². The molecule has 0 radical (unpaired) electrons. The van der Waals surface area contributed by atoms with E-state index in [4.69, 9.17) is 26.3 Å². The van der Waals surface area contributed by atoms with Crippen LogP contribution >= 0.6 is 0 Å². The van der Waals surface area contributed by atoms with Gasteiger partial charge >= 0.3 is 183 Å². The molecule has 1 aliphatic heterocycles. The molecule has 0 unspecified atom stereocenters. The number of benzene rings is 2. The standard InChI is InChI=1S/C22H26NO5.C2H4O2.Hg/c1-18-2-5-20(6-3-18)23-17-19-4-7-21-22(16-19)28-15-13-26-11-9-24-8-10-25-12-14-27-21;1-2(3)4;/h2-5,7,16-17H,8-15H2,1H3;1H3,(H,3,4);/q;;+1/p-1. The maximum absolute atomic E-state index is 11.3. The molecule has 0 saturated carbocycles. The molecule has 0 aliphatic carbocycles. The van der Waals surface area contributed by atoms with E-state index in [1.165, 1.54) is 6.92 Å². The first kappa shape index (κ1) is 25.6. The third kappa shape index (κ3) is 9.40. The zero-order valence-electron chi connectivity index (χ0n) is 19.2. The van der Waals surface area contributed by atoms with Gasteiger partial charge in [-0.25, -0.2) is 0 Å². The van der Waals surface area contributed by atoms with Gasteiger partial charge in [0.05, 0.1) is 19.8 Å². The van der Waals surface area contributed by atoms with Gasteiger partial charge in [0.15, 0.2) is 0 Å². The number of hydrogen-bond donors (Lipinski definition) is 0. The first-order valence-corrected chi connectivity index (χ1v) is 16.0. The van der Waals surface area contributed by atoms with Crippen molar-refractivity contribution in [2.24, 2.45) is 4.99 Å². The molecule has 0 saturated heterocycles. The van der Waals surface area contributed by atoms with Gasteiger partial charge in [-0.15, -0.1) is 0 Å². The van der Waals surface area contributed by atoms with E-state index in [9.17, 15) is 4.79 Å². The third-order valence-electron chi connectivity index (χ3n) is 4.70. The zero-order chi connectivity index (χ0) is 23.3. The van der Waals surface area contributed by atoms with Crippen LogP contribution in [-0.2, 0) is 46.7 Å². The molecular weight excluding hydrogens is 615 g/mol. The molecule has 0 fully saturated rings. The van der Waals surface area contributed by atoms with Gasteiger partial charge in [-0.2, -0.15) is 0 Å². The monoisotopic (exact) mass is 645 g/mol. The van der Waals surface area contributed by atoms with Crippen LogP contribution in [0.3, 0.4) is 0 Å². The van der Waals surface area contributed by atoms with Gasteiger partial charge in [0, 0.05) is 0 Å². The van der Waals surface area contributed by atoms with E-state index in [2.05, 4.69) is 11.1 Å². The summed E-state index contributed by atoms with van der Waals surface area (Å²) in [6.07, 6.45) is 1.78. The summed E-state index contributed by atoms with van der Waals surface area (Å²) in [4.78, 5) is 15.9. The van der Waals surface area contributed by atoms with Crippen LogP contribution in [0.5, 0.6) is 11.5 Å². The topological polar surface area (TPSA) is 84.8 Å². The van der Waals surface area contributed by atoms with Gasteiger partial charge in [0.1, 0.15) is 0 Å². The molecule has 0 amide bonds. The van der Waals surface area contributed by atoms with E-state index in [1.807, 2.05) is 37.3 Å². The third-order valence-corrected chi connectivity index (χ3v) is 10.3. The van der Waals surface area contributed by atoms with Crippen LogP contribution in [0, 0.1) is 6.92 Å². The van der Waals surface area contributed by atoms with Crippen molar-refractivity contribution in [2.45, 2.75) is 13.8 Å². The second kappa shape index (κ2) is 14.3. The Kier molecular flexibility index (Phi) is 11.1. The number of carbonyl (C=O) groups is 1. The molecule has 33 heavy (non-hydrogen) atoms. The minimum atomic E-state index is -2.02. The van der Waals surface area contributed by atoms with Crippen LogP contribution in [0.1, 0.15) is 18.1 Å².